The maximum atomic E-state index is 5.22. The van der Waals surface area contributed by atoms with E-state index < -0.39 is 0 Å². The molecule has 1 aromatic rings. The molecule has 0 radical (unpaired) electrons. The Bertz CT molecular complexity index is 342. The molecule has 1 aliphatic heterocycles. The van der Waals surface area contributed by atoms with E-state index in [9.17, 15) is 0 Å². The van der Waals surface area contributed by atoms with Gasteiger partial charge >= 0.3 is 0 Å². The van der Waals surface area contributed by atoms with Crippen molar-refractivity contribution >= 4 is 23.5 Å². The second-order valence-corrected chi connectivity index (χ2v) is 7.68. The molecule has 2 nitrogen and oxygen atoms in total. The molecule has 4 heteroatoms. The Morgan fingerprint density at radius 3 is 2.89 bits per heavy atom. The zero-order valence-electron chi connectivity index (χ0n) is 11.9. The van der Waals surface area contributed by atoms with Gasteiger partial charge in [0.2, 0.25) is 0 Å². The summed E-state index contributed by atoms with van der Waals surface area (Å²) in [6.07, 6.45) is 7.24. The number of hydrogen-bond donors (Lipinski definition) is 1. The maximum Gasteiger partial charge on any atom is 0.0935 e. The van der Waals surface area contributed by atoms with Crippen LogP contribution in [0.2, 0.25) is 0 Å². The summed E-state index contributed by atoms with van der Waals surface area (Å²) in [5, 5.41) is 5.28. The Kier molecular flexibility index (Phi) is 6.68. The predicted octanol–water partition coefficient (Wildman–Crippen LogP) is 3.82. The fourth-order valence-electron chi connectivity index (χ4n) is 2.61. The van der Waals surface area contributed by atoms with Crippen LogP contribution in [0.3, 0.4) is 0 Å². The van der Waals surface area contributed by atoms with Crippen molar-refractivity contribution in [3.05, 3.63) is 24.2 Å². The van der Waals surface area contributed by atoms with Gasteiger partial charge in [-0.15, -0.1) is 0 Å². The highest BCUT2D eigenvalue weighted by molar-refractivity contribution is 8.07. The number of thioether (sulfide) groups is 2. The van der Waals surface area contributed by atoms with Crippen molar-refractivity contribution in [2.45, 2.75) is 49.7 Å². The van der Waals surface area contributed by atoms with Gasteiger partial charge in [-0.25, -0.2) is 0 Å². The molecule has 0 bridgehead atoms. The lowest BCUT2D eigenvalue weighted by Gasteiger charge is -2.36. The van der Waals surface area contributed by atoms with Crippen LogP contribution in [0.4, 0.5) is 0 Å². The van der Waals surface area contributed by atoms with Crippen LogP contribution < -0.4 is 5.32 Å². The molecule has 0 amide bonds. The van der Waals surface area contributed by atoms with Crippen molar-refractivity contribution in [3.8, 4) is 0 Å². The molecular formula is C15H25NOS2. The zero-order chi connectivity index (χ0) is 13.5. The van der Waals surface area contributed by atoms with Crippen molar-refractivity contribution in [1.29, 1.82) is 0 Å². The van der Waals surface area contributed by atoms with Gasteiger partial charge in [-0.05, 0) is 37.4 Å². The summed E-state index contributed by atoms with van der Waals surface area (Å²) in [7, 11) is 0. The van der Waals surface area contributed by atoms with Crippen molar-refractivity contribution in [1.82, 2.24) is 5.32 Å². The van der Waals surface area contributed by atoms with Crippen molar-refractivity contribution in [2.75, 3.05) is 18.1 Å². The van der Waals surface area contributed by atoms with Crippen LogP contribution in [0.25, 0.3) is 0 Å². The summed E-state index contributed by atoms with van der Waals surface area (Å²) in [6.45, 7) is 5.67. The Hall–Kier alpha value is -0.0600. The van der Waals surface area contributed by atoms with E-state index in [1.165, 1.54) is 29.9 Å². The fourth-order valence-corrected chi connectivity index (χ4v) is 5.87. The van der Waals surface area contributed by atoms with E-state index >= 15 is 0 Å². The summed E-state index contributed by atoms with van der Waals surface area (Å²) in [5.41, 5.74) is 1.32. The molecule has 0 spiro atoms. The molecule has 108 valence electrons. The number of nitrogens with one attached hydrogen (secondary N) is 1. The average molecular weight is 300 g/mol. The molecule has 0 saturated carbocycles. The standard InChI is InChI=1S/C15H25NOS2/c1-3-6-16-13(10-12-5-7-17-11-12)15-14(4-2)18-8-9-19-15/h5,7,11,13-16H,3-4,6,8-10H2,1-2H3. The first-order valence-corrected chi connectivity index (χ1v) is 9.42. The summed E-state index contributed by atoms with van der Waals surface area (Å²) in [5.74, 6) is 2.60. The minimum atomic E-state index is 0.570. The van der Waals surface area contributed by atoms with E-state index in [-0.39, 0.29) is 0 Å². The van der Waals surface area contributed by atoms with Gasteiger partial charge in [0.25, 0.3) is 0 Å². The molecule has 1 N–H and O–H groups in total. The molecule has 19 heavy (non-hydrogen) atoms. The second-order valence-electron chi connectivity index (χ2n) is 5.05. The molecule has 0 aliphatic carbocycles. The van der Waals surface area contributed by atoms with Crippen LogP contribution in [0.1, 0.15) is 32.3 Å². The van der Waals surface area contributed by atoms with Crippen LogP contribution in [0.15, 0.2) is 23.0 Å². The monoisotopic (exact) mass is 299 g/mol. The summed E-state index contributed by atoms with van der Waals surface area (Å²) >= 11 is 4.32. The smallest absolute Gasteiger partial charge is 0.0935 e. The second kappa shape index (κ2) is 8.28. The van der Waals surface area contributed by atoms with Crippen LogP contribution in [-0.2, 0) is 6.42 Å². The van der Waals surface area contributed by atoms with E-state index in [4.69, 9.17) is 4.42 Å². The van der Waals surface area contributed by atoms with Gasteiger partial charge in [0, 0.05) is 28.0 Å². The van der Waals surface area contributed by atoms with Crippen LogP contribution in [-0.4, -0.2) is 34.6 Å². The average Bonchev–Trinajstić information content (AvgIpc) is 2.96. The lowest BCUT2D eigenvalue weighted by molar-refractivity contribution is 0.474. The van der Waals surface area contributed by atoms with Crippen molar-refractivity contribution < 1.29 is 4.42 Å². The van der Waals surface area contributed by atoms with Gasteiger partial charge in [0.1, 0.15) is 0 Å². The fraction of sp³-hybridized carbons (Fsp3) is 0.733. The molecule has 1 fully saturated rings. The normalized spacial score (nSPS) is 25.4. The van der Waals surface area contributed by atoms with Crippen LogP contribution >= 0.6 is 23.5 Å². The Morgan fingerprint density at radius 2 is 2.21 bits per heavy atom. The maximum absolute atomic E-state index is 5.22. The molecule has 3 atom stereocenters. The summed E-state index contributed by atoms with van der Waals surface area (Å²) < 4.78 is 5.22. The van der Waals surface area contributed by atoms with Gasteiger partial charge in [0.15, 0.2) is 0 Å². The van der Waals surface area contributed by atoms with E-state index in [1.54, 1.807) is 6.26 Å². The minimum Gasteiger partial charge on any atom is -0.472 e. The molecule has 2 rings (SSSR count). The van der Waals surface area contributed by atoms with Gasteiger partial charge < -0.3 is 9.73 Å². The van der Waals surface area contributed by atoms with Gasteiger partial charge in [-0.3, -0.25) is 0 Å². The summed E-state index contributed by atoms with van der Waals surface area (Å²) in [4.78, 5) is 0. The van der Waals surface area contributed by atoms with Crippen molar-refractivity contribution in [2.24, 2.45) is 0 Å². The quantitative estimate of drug-likeness (QED) is 0.827. The Morgan fingerprint density at radius 1 is 1.37 bits per heavy atom. The Balaban J connectivity index is 2.01. The molecular weight excluding hydrogens is 274 g/mol. The molecule has 0 aromatic carbocycles. The number of hydrogen-bond acceptors (Lipinski definition) is 4. The third-order valence-corrected chi connectivity index (χ3v) is 6.99. The molecule has 3 unspecified atom stereocenters. The van der Waals surface area contributed by atoms with E-state index in [2.05, 4.69) is 48.8 Å². The first-order chi connectivity index (χ1) is 9.35. The van der Waals surface area contributed by atoms with Gasteiger partial charge in [-0.2, -0.15) is 23.5 Å². The van der Waals surface area contributed by atoms with E-state index in [0.717, 1.165) is 23.5 Å². The molecule has 2 heterocycles. The van der Waals surface area contributed by atoms with Crippen LogP contribution in [0, 0.1) is 0 Å². The number of furan rings is 1. The first-order valence-electron chi connectivity index (χ1n) is 7.32. The van der Waals surface area contributed by atoms with E-state index in [1.807, 2.05) is 6.26 Å². The highest BCUT2D eigenvalue weighted by Gasteiger charge is 2.31. The third-order valence-electron chi connectivity index (χ3n) is 3.58. The SMILES string of the molecule is CCCNC(Cc1ccoc1)C1SCCSC1CC. The first kappa shape index (κ1) is 15.3. The predicted molar refractivity (Wildman–Crippen MR) is 87.3 cm³/mol. The molecule has 1 aliphatic rings. The lowest BCUT2D eigenvalue weighted by Crippen LogP contribution is -2.46. The topological polar surface area (TPSA) is 25.2 Å². The number of rotatable bonds is 7. The van der Waals surface area contributed by atoms with Gasteiger partial charge in [0.05, 0.1) is 12.5 Å². The lowest BCUT2D eigenvalue weighted by atomic mass is 10.0. The molecule has 1 aromatic heterocycles. The summed E-state index contributed by atoms with van der Waals surface area (Å²) in [6, 6.07) is 2.67. The zero-order valence-corrected chi connectivity index (χ0v) is 13.6. The highest BCUT2D eigenvalue weighted by Crippen LogP contribution is 2.36. The minimum absolute atomic E-state index is 0.570. The highest BCUT2D eigenvalue weighted by atomic mass is 32.2. The Labute approximate surface area is 125 Å². The van der Waals surface area contributed by atoms with E-state index in [0.29, 0.717) is 6.04 Å². The van der Waals surface area contributed by atoms with Gasteiger partial charge in [-0.1, -0.05) is 13.8 Å². The molecule has 1 saturated heterocycles. The van der Waals surface area contributed by atoms with Crippen LogP contribution in [0.5, 0.6) is 0 Å². The third kappa shape index (κ3) is 4.47. The van der Waals surface area contributed by atoms with Crippen molar-refractivity contribution in [3.63, 3.8) is 0 Å². The largest absolute Gasteiger partial charge is 0.472 e.